The molecule has 0 saturated heterocycles. The topological polar surface area (TPSA) is 92.5 Å². The zero-order chi connectivity index (χ0) is 13.1. The van der Waals surface area contributed by atoms with E-state index in [1.807, 2.05) is 0 Å². The molecule has 0 spiro atoms. The first kappa shape index (κ1) is 13.7. The Kier molecular flexibility index (Phi) is 4.24. The molecule has 0 aromatic carbocycles. The number of amides is 1. The van der Waals surface area contributed by atoms with Gasteiger partial charge in [0.15, 0.2) is 5.82 Å². The fourth-order valence-electron chi connectivity index (χ4n) is 1.13. The molecule has 8 heteroatoms. The van der Waals surface area contributed by atoms with Gasteiger partial charge in [-0.2, -0.15) is 4.31 Å². The van der Waals surface area contributed by atoms with E-state index in [0.29, 0.717) is 5.76 Å². The number of anilines is 1. The quantitative estimate of drug-likeness (QED) is 0.817. The summed E-state index contributed by atoms with van der Waals surface area (Å²) in [7, 11) is -2.00. The summed E-state index contributed by atoms with van der Waals surface area (Å²) in [5.41, 5.74) is 0. The maximum Gasteiger partial charge on any atom is 0.240 e. The second-order valence-corrected chi connectivity index (χ2v) is 5.89. The number of likely N-dealkylation sites (N-methyl/N-ethyl adjacent to an activating group) is 1. The first-order valence-electron chi connectivity index (χ1n) is 5.02. The second kappa shape index (κ2) is 5.28. The summed E-state index contributed by atoms with van der Waals surface area (Å²) in [4.78, 5) is 11.5. The van der Waals surface area contributed by atoms with Gasteiger partial charge < -0.3 is 9.84 Å². The zero-order valence-electron chi connectivity index (χ0n) is 9.93. The molecular weight excluding hydrogens is 246 g/mol. The smallest absolute Gasteiger partial charge is 0.240 e. The van der Waals surface area contributed by atoms with E-state index in [4.69, 9.17) is 4.52 Å². The van der Waals surface area contributed by atoms with Crippen LogP contribution in [0, 0.1) is 6.92 Å². The zero-order valence-corrected chi connectivity index (χ0v) is 10.7. The van der Waals surface area contributed by atoms with Gasteiger partial charge in [0, 0.05) is 13.1 Å². The minimum Gasteiger partial charge on any atom is -0.360 e. The normalized spacial score (nSPS) is 11.8. The molecule has 0 aliphatic rings. The summed E-state index contributed by atoms with van der Waals surface area (Å²) in [6.45, 7) is 2.96. The van der Waals surface area contributed by atoms with Gasteiger partial charge in [0.1, 0.15) is 5.76 Å². The summed E-state index contributed by atoms with van der Waals surface area (Å²) >= 11 is 0. The maximum atomic E-state index is 11.5. The third-order valence-corrected chi connectivity index (χ3v) is 3.91. The fraction of sp³-hybridized carbons (Fsp3) is 0.556. The Morgan fingerprint density at radius 2 is 2.24 bits per heavy atom. The van der Waals surface area contributed by atoms with Crippen molar-refractivity contribution in [3.05, 3.63) is 11.8 Å². The maximum absolute atomic E-state index is 11.5. The van der Waals surface area contributed by atoms with Crippen molar-refractivity contribution in [1.82, 2.24) is 9.46 Å². The standard InChI is InChI=1S/C9H15N3O4S/c1-4-17(14,15)12(3)6-9(13)10-8-5-7(2)16-11-8/h5H,4,6H2,1-3H3,(H,10,11,13). The molecule has 0 fully saturated rings. The molecule has 1 rings (SSSR count). The summed E-state index contributed by atoms with van der Waals surface area (Å²) in [5, 5.41) is 6.01. The minimum absolute atomic E-state index is 0.0418. The molecule has 1 aromatic rings. The largest absolute Gasteiger partial charge is 0.360 e. The molecule has 1 heterocycles. The number of nitrogens with one attached hydrogen (secondary N) is 1. The number of aryl methyl sites for hydroxylation is 1. The molecule has 0 atom stereocenters. The van der Waals surface area contributed by atoms with Gasteiger partial charge in [0.2, 0.25) is 15.9 Å². The molecule has 0 saturated carbocycles. The number of carbonyl (C=O) groups excluding carboxylic acids is 1. The number of sulfonamides is 1. The highest BCUT2D eigenvalue weighted by molar-refractivity contribution is 7.89. The van der Waals surface area contributed by atoms with Crippen LogP contribution < -0.4 is 5.32 Å². The van der Waals surface area contributed by atoms with Crippen LogP contribution in [-0.2, 0) is 14.8 Å². The lowest BCUT2D eigenvalue weighted by Gasteiger charge is -2.14. The van der Waals surface area contributed by atoms with Gasteiger partial charge in [-0.15, -0.1) is 0 Å². The van der Waals surface area contributed by atoms with Crippen LogP contribution in [0.5, 0.6) is 0 Å². The van der Waals surface area contributed by atoms with Gasteiger partial charge in [-0.3, -0.25) is 4.79 Å². The van der Waals surface area contributed by atoms with E-state index >= 15 is 0 Å². The summed E-state index contributed by atoms with van der Waals surface area (Å²) < 4.78 is 28.6. The van der Waals surface area contributed by atoms with Crippen LogP contribution >= 0.6 is 0 Å². The van der Waals surface area contributed by atoms with Crippen LogP contribution in [0.25, 0.3) is 0 Å². The number of hydrogen-bond donors (Lipinski definition) is 1. The highest BCUT2D eigenvalue weighted by Crippen LogP contribution is 2.07. The molecule has 0 aliphatic carbocycles. The Morgan fingerprint density at radius 1 is 1.59 bits per heavy atom. The molecule has 1 aromatic heterocycles. The number of rotatable bonds is 5. The van der Waals surface area contributed by atoms with Crippen LogP contribution in [0.15, 0.2) is 10.6 Å². The second-order valence-electron chi connectivity index (χ2n) is 3.53. The average molecular weight is 261 g/mol. The van der Waals surface area contributed by atoms with Crippen molar-refractivity contribution in [2.75, 3.05) is 24.7 Å². The molecule has 1 amide bonds. The van der Waals surface area contributed by atoms with Gasteiger partial charge in [-0.25, -0.2) is 8.42 Å². The SMILES string of the molecule is CCS(=O)(=O)N(C)CC(=O)Nc1cc(C)on1. The van der Waals surface area contributed by atoms with Crippen molar-refractivity contribution in [3.8, 4) is 0 Å². The molecule has 1 N–H and O–H groups in total. The molecule has 0 aliphatic heterocycles. The predicted octanol–water partition coefficient (Wildman–Crippen LogP) is 0.203. The summed E-state index contributed by atoms with van der Waals surface area (Å²) in [6, 6.07) is 1.55. The molecule has 0 bridgehead atoms. The van der Waals surface area contributed by atoms with Crippen LogP contribution in [0.3, 0.4) is 0 Å². The molecule has 0 unspecified atom stereocenters. The van der Waals surface area contributed by atoms with E-state index in [0.717, 1.165) is 4.31 Å². The molecule has 17 heavy (non-hydrogen) atoms. The van der Waals surface area contributed by atoms with Crippen molar-refractivity contribution in [2.45, 2.75) is 13.8 Å². The number of carbonyl (C=O) groups is 1. The van der Waals surface area contributed by atoms with Crippen molar-refractivity contribution in [1.29, 1.82) is 0 Å². The number of nitrogens with zero attached hydrogens (tertiary/aromatic N) is 2. The lowest BCUT2D eigenvalue weighted by Crippen LogP contribution is -2.35. The van der Waals surface area contributed by atoms with Crippen molar-refractivity contribution in [3.63, 3.8) is 0 Å². The molecule has 0 radical (unpaired) electrons. The Bertz CT molecular complexity index is 494. The minimum atomic E-state index is -3.35. The number of hydrogen-bond acceptors (Lipinski definition) is 5. The van der Waals surface area contributed by atoms with E-state index < -0.39 is 15.9 Å². The van der Waals surface area contributed by atoms with E-state index in [1.54, 1.807) is 13.0 Å². The molecule has 96 valence electrons. The lowest BCUT2D eigenvalue weighted by atomic mass is 10.5. The van der Waals surface area contributed by atoms with Crippen molar-refractivity contribution in [2.24, 2.45) is 0 Å². The molecule has 7 nitrogen and oxygen atoms in total. The monoisotopic (exact) mass is 261 g/mol. The van der Waals surface area contributed by atoms with E-state index in [1.165, 1.54) is 14.0 Å². The van der Waals surface area contributed by atoms with Gasteiger partial charge >= 0.3 is 0 Å². The Balaban J connectivity index is 2.56. The highest BCUT2D eigenvalue weighted by atomic mass is 32.2. The summed E-state index contributed by atoms with van der Waals surface area (Å²) in [5.74, 6) is 0.335. The summed E-state index contributed by atoms with van der Waals surface area (Å²) in [6.07, 6.45) is 0. The third kappa shape index (κ3) is 3.82. The van der Waals surface area contributed by atoms with Crippen LogP contribution in [0.1, 0.15) is 12.7 Å². The third-order valence-electron chi connectivity index (χ3n) is 2.10. The van der Waals surface area contributed by atoms with E-state index in [2.05, 4.69) is 10.5 Å². The van der Waals surface area contributed by atoms with E-state index in [-0.39, 0.29) is 18.1 Å². The Morgan fingerprint density at radius 3 is 2.71 bits per heavy atom. The van der Waals surface area contributed by atoms with Crippen LogP contribution in [-0.4, -0.2) is 43.1 Å². The van der Waals surface area contributed by atoms with Gasteiger partial charge in [-0.05, 0) is 13.8 Å². The Hall–Kier alpha value is -1.41. The van der Waals surface area contributed by atoms with Gasteiger partial charge in [0.25, 0.3) is 0 Å². The van der Waals surface area contributed by atoms with E-state index in [9.17, 15) is 13.2 Å². The average Bonchev–Trinajstić information content (AvgIpc) is 2.63. The van der Waals surface area contributed by atoms with Crippen molar-refractivity contribution < 1.29 is 17.7 Å². The first-order valence-corrected chi connectivity index (χ1v) is 6.63. The van der Waals surface area contributed by atoms with Crippen LogP contribution in [0.4, 0.5) is 5.82 Å². The first-order chi connectivity index (χ1) is 7.85. The number of aromatic nitrogens is 1. The Labute approximate surface area is 99.8 Å². The fourth-order valence-corrected chi connectivity index (χ4v) is 1.88. The highest BCUT2D eigenvalue weighted by Gasteiger charge is 2.18. The van der Waals surface area contributed by atoms with Gasteiger partial charge in [-0.1, -0.05) is 5.16 Å². The molecular formula is C9H15N3O4S. The predicted molar refractivity (Wildman–Crippen MR) is 62.0 cm³/mol. The van der Waals surface area contributed by atoms with Crippen molar-refractivity contribution >= 4 is 21.7 Å². The van der Waals surface area contributed by atoms with Crippen LogP contribution in [0.2, 0.25) is 0 Å². The lowest BCUT2D eigenvalue weighted by molar-refractivity contribution is -0.116. The van der Waals surface area contributed by atoms with Gasteiger partial charge in [0.05, 0.1) is 12.3 Å².